The number of fused-ring (bicyclic) bond motifs is 6. The van der Waals surface area contributed by atoms with Gasteiger partial charge in [-0.1, -0.05) is 26.3 Å². The summed E-state index contributed by atoms with van der Waals surface area (Å²) in [6.07, 6.45) is 8.58. The van der Waals surface area contributed by atoms with Gasteiger partial charge in [0.25, 0.3) is 5.97 Å². The molecule has 8 atom stereocenters. The predicted octanol–water partition coefficient (Wildman–Crippen LogP) is 4.44. The molecule has 5 aliphatic rings. The predicted molar refractivity (Wildman–Crippen MR) is 111 cm³/mol. The average Bonchev–Trinajstić information content (AvgIpc) is 3.00. The molecule has 0 radical (unpaired) electrons. The molecule has 30 heavy (non-hydrogen) atoms. The Kier molecular flexibility index (Phi) is 4.51. The lowest BCUT2D eigenvalue weighted by Gasteiger charge is -2.61. The first-order valence-electron chi connectivity index (χ1n) is 11.8. The Labute approximate surface area is 179 Å². The molecule has 0 aromatic rings. The van der Waals surface area contributed by atoms with E-state index >= 15 is 0 Å². The minimum Gasteiger partial charge on any atom is -0.331 e. The van der Waals surface area contributed by atoms with Crippen LogP contribution in [0.4, 0.5) is 0 Å². The lowest BCUT2D eigenvalue weighted by molar-refractivity contribution is -0.414. The van der Waals surface area contributed by atoms with Crippen molar-refractivity contribution >= 4 is 11.6 Å². The van der Waals surface area contributed by atoms with Gasteiger partial charge in [-0.3, -0.25) is 9.59 Å². The minimum atomic E-state index is -1.16. The summed E-state index contributed by atoms with van der Waals surface area (Å²) in [6.45, 7) is 8.84. The molecular formula is C25H36O5. The van der Waals surface area contributed by atoms with Crippen LogP contribution in [0.25, 0.3) is 0 Å². The summed E-state index contributed by atoms with van der Waals surface area (Å²) in [5.41, 5.74) is 0.501. The molecule has 4 fully saturated rings. The molecule has 4 aliphatic carbocycles. The van der Waals surface area contributed by atoms with Gasteiger partial charge in [0.05, 0.1) is 0 Å². The third-order valence-electron chi connectivity index (χ3n) is 10.0. The lowest BCUT2D eigenvalue weighted by atomic mass is 9.44. The van der Waals surface area contributed by atoms with E-state index in [2.05, 4.69) is 20.8 Å². The SMILES string of the molecule is COC1(C)OCC(=O)[C@]2(CC[C@H]3[C@@H]4C[C@H](C)C5=CC(=O)CC[C@]5(C)[C@H]4CC[C@@]32C)O1. The molecule has 0 N–H and O–H groups in total. The average molecular weight is 417 g/mol. The summed E-state index contributed by atoms with van der Waals surface area (Å²) in [5.74, 6) is 1.26. The lowest BCUT2D eigenvalue weighted by Crippen LogP contribution is -2.65. The standard InChI is InChI=1S/C25H36O5/c1-15-12-17-18(22(2)9-6-16(26)13-20(15)22)7-10-23(3)19(17)8-11-25(23)21(27)14-29-24(4,28-5)30-25/h13,15,17-19H,6-12,14H2,1-5H3/t15-,17+,18-,19-,22+,23-,24?,25-/m0/s1. The van der Waals surface area contributed by atoms with Crippen LogP contribution in [-0.2, 0) is 23.8 Å². The fourth-order valence-corrected chi connectivity index (χ4v) is 8.43. The third kappa shape index (κ3) is 2.52. The molecule has 1 saturated heterocycles. The van der Waals surface area contributed by atoms with Gasteiger partial charge in [0.15, 0.2) is 11.6 Å². The molecule has 0 aromatic carbocycles. The maximum Gasteiger partial charge on any atom is 0.281 e. The van der Waals surface area contributed by atoms with E-state index in [1.165, 1.54) is 5.57 Å². The van der Waals surface area contributed by atoms with Gasteiger partial charge in [-0.25, -0.2) is 0 Å². The monoisotopic (exact) mass is 416 g/mol. The largest absolute Gasteiger partial charge is 0.331 e. The highest BCUT2D eigenvalue weighted by atomic mass is 16.9. The van der Waals surface area contributed by atoms with Crippen molar-refractivity contribution < 1.29 is 23.8 Å². The van der Waals surface area contributed by atoms with Gasteiger partial charge in [-0.2, -0.15) is 0 Å². The van der Waals surface area contributed by atoms with Crippen molar-refractivity contribution in [3.8, 4) is 0 Å². The summed E-state index contributed by atoms with van der Waals surface area (Å²) in [5, 5.41) is 0. The number of carbonyl (C=O) groups is 2. The molecule has 0 bridgehead atoms. The molecule has 5 nitrogen and oxygen atoms in total. The van der Waals surface area contributed by atoms with E-state index in [-0.39, 0.29) is 23.2 Å². The Morgan fingerprint density at radius 2 is 1.80 bits per heavy atom. The van der Waals surface area contributed by atoms with Crippen LogP contribution in [0.2, 0.25) is 0 Å². The van der Waals surface area contributed by atoms with Crippen molar-refractivity contribution in [2.24, 2.45) is 34.5 Å². The van der Waals surface area contributed by atoms with E-state index in [4.69, 9.17) is 14.2 Å². The van der Waals surface area contributed by atoms with Crippen molar-refractivity contribution in [1.82, 2.24) is 0 Å². The summed E-state index contributed by atoms with van der Waals surface area (Å²) in [4.78, 5) is 25.5. The topological polar surface area (TPSA) is 61.8 Å². The quantitative estimate of drug-likeness (QED) is 0.632. The van der Waals surface area contributed by atoms with Gasteiger partial charge in [0.2, 0.25) is 0 Å². The molecule has 1 heterocycles. The molecule has 1 spiro atoms. The van der Waals surface area contributed by atoms with E-state index in [1.807, 2.05) is 6.08 Å². The summed E-state index contributed by atoms with van der Waals surface area (Å²) < 4.78 is 17.6. The number of hydrogen-bond donors (Lipinski definition) is 0. The second-order valence-electron chi connectivity index (χ2n) is 11.2. The van der Waals surface area contributed by atoms with Gasteiger partial charge in [0, 0.05) is 25.9 Å². The van der Waals surface area contributed by atoms with E-state index in [0.29, 0.717) is 35.9 Å². The van der Waals surface area contributed by atoms with Crippen LogP contribution in [0, 0.1) is 34.5 Å². The Morgan fingerprint density at radius 1 is 1.07 bits per heavy atom. The second kappa shape index (κ2) is 6.49. The van der Waals surface area contributed by atoms with Gasteiger partial charge < -0.3 is 14.2 Å². The maximum atomic E-state index is 13.3. The van der Waals surface area contributed by atoms with Crippen LogP contribution in [0.3, 0.4) is 0 Å². The second-order valence-corrected chi connectivity index (χ2v) is 11.2. The van der Waals surface area contributed by atoms with Gasteiger partial charge in [-0.15, -0.1) is 0 Å². The highest BCUT2D eigenvalue weighted by Gasteiger charge is 2.70. The van der Waals surface area contributed by atoms with Crippen molar-refractivity contribution in [2.45, 2.75) is 84.2 Å². The van der Waals surface area contributed by atoms with E-state index < -0.39 is 11.6 Å². The zero-order valence-corrected chi connectivity index (χ0v) is 19.1. The van der Waals surface area contributed by atoms with Crippen molar-refractivity contribution in [3.05, 3.63) is 11.6 Å². The number of carbonyl (C=O) groups excluding carboxylic acids is 2. The highest BCUT2D eigenvalue weighted by Crippen LogP contribution is 2.69. The number of Topliss-reactive ketones (excluding diaryl/α,β-unsaturated/α-hetero) is 1. The third-order valence-corrected chi connectivity index (χ3v) is 10.0. The van der Waals surface area contributed by atoms with Crippen LogP contribution >= 0.6 is 0 Å². The first kappa shape index (κ1) is 20.8. The van der Waals surface area contributed by atoms with E-state index in [1.54, 1.807) is 14.0 Å². The Balaban J connectivity index is 1.52. The summed E-state index contributed by atoms with van der Waals surface area (Å²) >= 11 is 0. The van der Waals surface area contributed by atoms with Crippen LogP contribution < -0.4 is 0 Å². The normalized spacial score (nSPS) is 53.2. The van der Waals surface area contributed by atoms with Crippen LogP contribution in [-0.4, -0.2) is 36.9 Å². The zero-order valence-electron chi connectivity index (χ0n) is 19.1. The maximum absolute atomic E-state index is 13.3. The highest BCUT2D eigenvalue weighted by molar-refractivity contribution is 5.92. The smallest absolute Gasteiger partial charge is 0.281 e. The van der Waals surface area contributed by atoms with E-state index in [9.17, 15) is 9.59 Å². The molecular weight excluding hydrogens is 380 g/mol. The first-order chi connectivity index (χ1) is 14.1. The molecule has 5 rings (SSSR count). The molecule has 5 heteroatoms. The molecule has 0 amide bonds. The van der Waals surface area contributed by atoms with Gasteiger partial charge >= 0.3 is 0 Å². The van der Waals surface area contributed by atoms with Crippen molar-refractivity contribution in [3.63, 3.8) is 0 Å². The first-order valence-corrected chi connectivity index (χ1v) is 11.8. The minimum absolute atomic E-state index is 0.0594. The number of ketones is 2. The Bertz CT molecular complexity index is 818. The Morgan fingerprint density at radius 3 is 2.53 bits per heavy atom. The summed E-state index contributed by atoms with van der Waals surface area (Å²) in [7, 11) is 1.58. The number of rotatable bonds is 1. The molecule has 1 unspecified atom stereocenters. The van der Waals surface area contributed by atoms with Gasteiger partial charge in [0.1, 0.15) is 12.2 Å². The molecule has 1 aliphatic heterocycles. The fraction of sp³-hybridized carbons (Fsp3) is 0.840. The van der Waals surface area contributed by atoms with Crippen LogP contribution in [0.15, 0.2) is 11.6 Å². The molecule has 0 aromatic heterocycles. The molecule has 3 saturated carbocycles. The Hall–Kier alpha value is -1.04. The van der Waals surface area contributed by atoms with Crippen LogP contribution in [0.5, 0.6) is 0 Å². The number of hydrogen-bond acceptors (Lipinski definition) is 5. The summed E-state index contributed by atoms with van der Waals surface area (Å²) in [6, 6.07) is 0. The number of methoxy groups -OCH3 is 1. The number of allylic oxidation sites excluding steroid dienone is 1. The van der Waals surface area contributed by atoms with Gasteiger partial charge in [-0.05, 0) is 73.7 Å². The van der Waals surface area contributed by atoms with Crippen molar-refractivity contribution in [2.75, 3.05) is 13.7 Å². The fourth-order valence-electron chi connectivity index (χ4n) is 8.43. The zero-order chi connectivity index (χ0) is 21.5. The van der Waals surface area contributed by atoms with E-state index in [0.717, 1.165) is 38.5 Å². The van der Waals surface area contributed by atoms with Crippen LogP contribution in [0.1, 0.15) is 72.6 Å². The van der Waals surface area contributed by atoms with Crippen molar-refractivity contribution in [1.29, 1.82) is 0 Å². The number of ether oxygens (including phenoxy) is 3. The molecule has 166 valence electrons.